The van der Waals surface area contributed by atoms with E-state index in [1.165, 1.54) is 38.2 Å². The average Bonchev–Trinajstić information content (AvgIpc) is 3.18. The number of anilines is 2. The molecule has 0 bridgehead atoms. The molecule has 4 rings (SSSR count). The maximum atomic E-state index is 13.0. The van der Waals surface area contributed by atoms with Gasteiger partial charge in [-0.1, -0.05) is 20.8 Å². The van der Waals surface area contributed by atoms with E-state index in [0.717, 1.165) is 29.7 Å². The lowest BCUT2D eigenvalue weighted by molar-refractivity contribution is -0.274. The van der Waals surface area contributed by atoms with Crippen LogP contribution in [0.5, 0.6) is 5.75 Å². The van der Waals surface area contributed by atoms with Gasteiger partial charge in [-0.2, -0.15) is 0 Å². The van der Waals surface area contributed by atoms with Gasteiger partial charge in [0.1, 0.15) is 11.8 Å². The first-order valence-corrected chi connectivity index (χ1v) is 12.8. The van der Waals surface area contributed by atoms with Crippen molar-refractivity contribution in [1.29, 1.82) is 0 Å². The Labute approximate surface area is 224 Å². The van der Waals surface area contributed by atoms with Crippen LogP contribution in [-0.4, -0.2) is 50.9 Å². The molecule has 1 aromatic heterocycles. The molecule has 210 valence electrons. The summed E-state index contributed by atoms with van der Waals surface area (Å²) in [5, 5.41) is 12.5. The van der Waals surface area contributed by atoms with Crippen LogP contribution in [0, 0.1) is 11.3 Å². The molecule has 11 heteroatoms. The number of aliphatic carboxylic acids is 1. The Bertz CT molecular complexity index is 1370. The number of ether oxygens (including phenoxy) is 1. The molecule has 2 N–H and O–H groups in total. The number of imidazole rings is 1. The van der Waals surface area contributed by atoms with Crippen molar-refractivity contribution in [2.24, 2.45) is 11.3 Å². The van der Waals surface area contributed by atoms with Gasteiger partial charge in [0.25, 0.3) is 5.91 Å². The van der Waals surface area contributed by atoms with Crippen molar-refractivity contribution in [2.45, 2.75) is 65.4 Å². The molecule has 1 aliphatic rings. The number of fused-ring (bicyclic) bond motifs is 1. The molecule has 0 aliphatic heterocycles. The first-order valence-electron chi connectivity index (χ1n) is 12.8. The molecule has 3 aromatic rings. The summed E-state index contributed by atoms with van der Waals surface area (Å²) in [6, 6.07) is 9.63. The molecule has 39 heavy (non-hydrogen) atoms. The van der Waals surface area contributed by atoms with E-state index < -0.39 is 24.3 Å². The average molecular weight is 547 g/mol. The summed E-state index contributed by atoms with van der Waals surface area (Å²) >= 11 is 0. The number of carboxylic acid groups (broad SMARTS) is 1. The van der Waals surface area contributed by atoms with Gasteiger partial charge in [0.15, 0.2) is 0 Å². The largest absolute Gasteiger partial charge is 0.573 e. The smallest absolute Gasteiger partial charge is 0.480 e. The van der Waals surface area contributed by atoms with Gasteiger partial charge in [0.05, 0.1) is 11.0 Å². The third-order valence-corrected chi connectivity index (χ3v) is 7.27. The molecule has 0 spiro atoms. The van der Waals surface area contributed by atoms with E-state index in [1.807, 2.05) is 6.07 Å². The van der Waals surface area contributed by atoms with E-state index in [-0.39, 0.29) is 17.2 Å². The second kappa shape index (κ2) is 10.4. The highest BCUT2D eigenvalue weighted by Gasteiger charge is 2.35. The summed E-state index contributed by atoms with van der Waals surface area (Å²) in [4.78, 5) is 30.3. The predicted molar refractivity (Wildman–Crippen MR) is 141 cm³/mol. The monoisotopic (exact) mass is 546 g/mol. The number of amides is 1. The van der Waals surface area contributed by atoms with E-state index in [0.29, 0.717) is 28.6 Å². The highest BCUT2D eigenvalue weighted by atomic mass is 19.4. The van der Waals surface area contributed by atoms with Crippen LogP contribution in [0.2, 0.25) is 0 Å². The normalized spacial score (nSPS) is 19.9. The fourth-order valence-electron chi connectivity index (χ4n) is 5.60. The van der Waals surface area contributed by atoms with Crippen LogP contribution >= 0.6 is 0 Å². The molecule has 8 nitrogen and oxygen atoms in total. The molecule has 1 fully saturated rings. The van der Waals surface area contributed by atoms with E-state index in [9.17, 15) is 27.9 Å². The Kier molecular flexibility index (Phi) is 7.55. The fourth-order valence-corrected chi connectivity index (χ4v) is 5.60. The number of hydrogen-bond acceptors (Lipinski definition) is 5. The molecular weight excluding hydrogens is 513 g/mol. The molecule has 1 aliphatic carbocycles. The Morgan fingerprint density at radius 2 is 1.85 bits per heavy atom. The summed E-state index contributed by atoms with van der Waals surface area (Å²) in [5.74, 6) is -0.907. The lowest BCUT2D eigenvalue weighted by atomic mass is 9.70. The fraction of sp³-hybridized carbons (Fsp3) is 0.464. The van der Waals surface area contributed by atoms with Crippen molar-refractivity contribution >= 4 is 34.5 Å². The maximum Gasteiger partial charge on any atom is 0.573 e. The predicted octanol–water partition coefficient (Wildman–Crippen LogP) is 6.61. The second-order valence-corrected chi connectivity index (χ2v) is 11.2. The van der Waals surface area contributed by atoms with E-state index in [1.54, 1.807) is 12.1 Å². The van der Waals surface area contributed by atoms with Crippen molar-refractivity contribution in [1.82, 2.24) is 14.5 Å². The number of rotatable bonds is 7. The van der Waals surface area contributed by atoms with Crippen molar-refractivity contribution in [2.75, 3.05) is 12.4 Å². The summed E-state index contributed by atoms with van der Waals surface area (Å²) in [6.45, 7) is 8.12. The zero-order chi connectivity index (χ0) is 28.7. The van der Waals surface area contributed by atoms with Crippen molar-refractivity contribution in [3.8, 4) is 5.75 Å². The Morgan fingerprint density at radius 3 is 2.44 bits per heavy atom. The van der Waals surface area contributed by atoms with Crippen LogP contribution in [0.1, 0.15) is 63.4 Å². The van der Waals surface area contributed by atoms with Crippen molar-refractivity contribution in [3.63, 3.8) is 0 Å². The van der Waals surface area contributed by atoms with Crippen molar-refractivity contribution < 1.29 is 32.6 Å². The SMILES string of the molecule is C[C@H]1C[C@@H](n2c(Nc3ccc(OC(F)(F)F)cc3)nc3cc(C(=O)N(C)[C@@H](C)C(=O)O)ccc32)CC(C)(C)C1. The Hall–Kier alpha value is -3.76. The topological polar surface area (TPSA) is 96.7 Å². The van der Waals surface area contributed by atoms with E-state index >= 15 is 0 Å². The summed E-state index contributed by atoms with van der Waals surface area (Å²) in [6.07, 6.45) is -1.87. The third kappa shape index (κ3) is 6.46. The Balaban J connectivity index is 1.73. The number of hydrogen-bond donors (Lipinski definition) is 2. The lowest BCUT2D eigenvalue weighted by Crippen LogP contribution is -2.40. The summed E-state index contributed by atoms with van der Waals surface area (Å²) in [7, 11) is 1.44. The molecule has 1 saturated carbocycles. The minimum absolute atomic E-state index is 0.0956. The highest BCUT2D eigenvalue weighted by molar-refractivity contribution is 5.99. The van der Waals surface area contributed by atoms with Gasteiger partial charge in [0, 0.05) is 24.3 Å². The molecule has 0 unspecified atom stereocenters. The zero-order valence-corrected chi connectivity index (χ0v) is 22.5. The molecule has 2 aromatic carbocycles. The first-order chi connectivity index (χ1) is 18.1. The third-order valence-electron chi connectivity index (χ3n) is 7.27. The number of carbonyl (C=O) groups is 2. The number of carbonyl (C=O) groups excluding carboxylic acids is 1. The number of halogens is 3. The van der Waals surface area contributed by atoms with Gasteiger partial charge < -0.3 is 24.6 Å². The molecule has 1 amide bonds. The van der Waals surface area contributed by atoms with E-state index in [4.69, 9.17) is 4.98 Å². The first kappa shape index (κ1) is 28.3. The number of carboxylic acids is 1. The molecule has 0 radical (unpaired) electrons. The zero-order valence-electron chi connectivity index (χ0n) is 22.5. The van der Waals surface area contributed by atoms with Gasteiger partial charge in [-0.05, 0) is 80.0 Å². The van der Waals surface area contributed by atoms with Gasteiger partial charge in [-0.3, -0.25) is 4.79 Å². The van der Waals surface area contributed by atoms with Crippen LogP contribution in [0.4, 0.5) is 24.8 Å². The lowest BCUT2D eigenvalue weighted by Gasteiger charge is -2.40. The van der Waals surface area contributed by atoms with Gasteiger partial charge in [-0.25, -0.2) is 9.78 Å². The second-order valence-electron chi connectivity index (χ2n) is 11.2. The van der Waals surface area contributed by atoms with Gasteiger partial charge in [0.2, 0.25) is 5.95 Å². The van der Waals surface area contributed by atoms with Crippen LogP contribution < -0.4 is 10.1 Å². The quantitative estimate of drug-likeness (QED) is 0.346. The molecule has 3 atom stereocenters. The highest BCUT2D eigenvalue weighted by Crippen LogP contribution is 2.46. The molecular formula is C28H33F3N4O4. The van der Waals surface area contributed by atoms with E-state index in [2.05, 4.69) is 35.4 Å². The standard InChI is InChI=1S/C28H33F3N4O4/c1-16-12-20(15-27(3,4)14-16)35-23-11-6-18(24(36)34(5)17(2)25(37)38)13-22(23)33-26(35)32-19-7-9-21(10-8-19)39-28(29,30)31/h6-11,13,16-17,20H,12,14-15H2,1-5H3,(H,32,33)(H,37,38)/t16-,17-,20+/m0/s1. The number of nitrogens with zero attached hydrogens (tertiary/aromatic N) is 3. The van der Waals surface area contributed by atoms with Gasteiger partial charge >= 0.3 is 12.3 Å². The minimum atomic E-state index is -4.78. The van der Waals surface area contributed by atoms with Crippen molar-refractivity contribution in [3.05, 3.63) is 48.0 Å². The van der Waals surface area contributed by atoms with Gasteiger partial charge in [-0.15, -0.1) is 13.2 Å². The molecule has 1 heterocycles. The number of alkyl halides is 3. The number of nitrogens with one attached hydrogen (secondary N) is 1. The Morgan fingerprint density at radius 1 is 1.18 bits per heavy atom. The molecule has 0 saturated heterocycles. The number of likely N-dealkylation sites (N-methyl/N-ethyl adjacent to an activating group) is 1. The number of benzene rings is 2. The van der Waals surface area contributed by atoms with Crippen LogP contribution in [-0.2, 0) is 4.79 Å². The number of aromatic nitrogens is 2. The van der Waals surface area contributed by atoms with Crippen LogP contribution in [0.25, 0.3) is 11.0 Å². The maximum absolute atomic E-state index is 13.0. The van der Waals surface area contributed by atoms with Crippen LogP contribution in [0.15, 0.2) is 42.5 Å². The summed E-state index contributed by atoms with van der Waals surface area (Å²) in [5.41, 5.74) is 2.27. The van der Waals surface area contributed by atoms with Crippen LogP contribution in [0.3, 0.4) is 0 Å². The minimum Gasteiger partial charge on any atom is -0.480 e. The summed E-state index contributed by atoms with van der Waals surface area (Å²) < 4.78 is 43.8.